The standard InChI is InChI=1S/C24H20ClN3O2/c1-29-22-12-9-16(13-23(22)30-2)21-14-19(15-7-10-17(25)11-8-15)27-24-26-18-5-3-4-6-20(18)28(21)24/h3-14,21H,1-2H3,(H,26,27)/t21-/m1/s1. The van der Waals surface area contributed by atoms with E-state index in [4.69, 9.17) is 26.1 Å². The molecule has 0 saturated heterocycles. The molecule has 3 aromatic carbocycles. The molecule has 6 heteroatoms. The third-order valence-corrected chi connectivity index (χ3v) is 5.60. The van der Waals surface area contributed by atoms with Gasteiger partial charge >= 0.3 is 0 Å². The maximum absolute atomic E-state index is 6.09. The van der Waals surface area contributed by atoms with E-state index in [1.165, 1.54) is 0 Å². The van der Waals surface area contributed by atoms with Gasteiger partial charge in [-0.2, -0.15) is 0 Å². The van der Waals surface area contributed by atoms with Crippen LogP contribution in [-0.2, 0) is 0 Å². The highest BCUT2D eigenvalue weighted by Gasteiger charge is 2.26. The third kappa shape index (κ3) is 3.08. The van der Waals surface area contributed by atoms with Crippen molar-refractivity contribution in [3.63, 3.8) is 0 Å². The summed E-state index contributed by atoms with van der Waals surface area (Å²) in [6.45, 7) is 0. The number of benzene rings is 3. The largest absolute Gasteiger partial charge is 0.493 e. The SMILES string of the molecule is COc1ccc([C@H]2C=C(c3ccc(Cl)cc3)Nc3nc4ccccc4n32)cc1OC. The quantitative estimate of drug-likeness (QED) is 0.458. The maximum atomic E-state index is 6.09. The number of fused-ring (bicyclic) bond motifs is 3. The molecule has 1 N–H and O–H groups in total. The summed E-state index contributed by atoms with van der Waals surface area (Å²) in [6.07, 6.45) is 2.20. The van der Waals surface area contributed by atoms with E-state index in [1.54, 1.807) is 14.2 Å². The Kier molecular flexibility index (Phi) is 4.60. The number of rotatable bonds is 4. The molecule has 4 aromatic rings. The van der Waals surface area contributed by atoms with E-state index in [-0.39, 0.29) is 6.04 Å². The van der Waals surface area contributed by atoms with Crippen LogP contribution in [0.4, 0.5) is 5.95 Å². The number of nitrogens with one attached hydrogen (secondary N) is 1. The smallest absolute Gasteiger partial charge is 0.209 e. The minimum absolute atomic E-state index is 0.0702. The van der Waals surface area contributed by atoms with Crippen LogP contribution in [0.15, 0.2) is 72.8 Å². The zero-order valence-electron chi connectivity index (χ0n) is 16.6. The molecule has 1 aliphatic heterocycles. The van der Waals surface area contributed by atoms with Gasteiger partial charge in [0.1, 0.15) is 0 Å². The van der Waals surface area contributed by atoms with E-state index in [9.17, 15) is 0 Å². The summed E-state index contributed by atoms with van der Waals surface area (Å²) in [6, 6.07) is 21.9. The van der Waals surface area contributed by atoms with Crippen LogP contribution in [0.2, 0.25) is 5.02 Å². The highest BCUT2D eigenvalue weighted by Crippen LogP contribution is 2.39. The fourth-order valence-corrected chi connectivity index (χ4v) is 4.01. The predicted octanol–water partition coefficient (Wildman–Crippen LogP) is 5.76. The minimum atomic E-state index is -0.0702. The summed E-state index contributed by atoms with van der Waals surface area (Å²) in [4.78, 5) is 4.83. The van der Waals surface area contributed by atoms with E-state index >= 15 is 0 Å². The summed E-state index contributed by atoms with van der Waals surface area (Å²) in [7, 11) is 3.29. The first-order chi connectivity index (χ1) is 14.7. The van der Waals surface area contributed by atoms with Crippen molar-refractivity contribution in [3.05, 3.63) is 89.0 Å². The first-order valence-electron chi connectivity index (χ1n) is 9.61. The van der Waals surface area contributed by atoms with Crippen molar-refractivity contribution >= 4 is 34.3 Å². The number of methoxy groups -OCH3 is 2. The Morgan fingerprint density at radius 3 is 2.47 bits per heavy atom. The minimum Gasteiger partial charge on any atom is -0.493 e. The number of hydrogen-bond acceptors (Lipinski definition) is 4. The average Bonchev–Trinajstić information content (AvgIpc) is 3.17. The number of anilines is 1. The number of halogens is 1. The second-order valence-electron chi connectivity index (χ2n) is 7.07. The van der Waals surface area contributed by atoms with Gasteiger partial charge in [0.2, 0.25) is 5.95 Å². The van der Waals surface area contributed by atoms with E-state index in [2.05, 4.69) is 28.1 Å². The van der Waals surface area contributed by atoms with Gasteiger partial charge in [0.25, 0.3) is 0 Å². The lowest BCUT2D eigenvalue weighted by Gasteiger charge is -2.27. The second-order valence-corrected chi connectivity index (χ2v) is 7.50. The van der Waals surface area contributed by atoms with Crippen molar-refractivity contribution in [2.24, 2.45) is 0 Å². The van der Waals surface area contributed by atoms with Crippen LogP contribution < -0.4 is 14.8 Å². The van der Waals surface area contributed by atoms with Crippen LogP contribution >= 0.6 is 11.6 Å². The normalized spacial score (nSPS) is 15.3. The molecule has 5 rings (SSSR count). The fourth-order valence-electron chi connectivity index (χ4n) is 3.89. The monoisotopic (exact) mass is 417 g/mol. The third-order valence-electron chi connectivity index (χ3n) is 5.35. The Bertz CT molecular complexity index is 1260. The van der Waals surface area contributed by atoms with Crippen molar-refractivity contribution in [2.45, 2.75) is 6.04 Å². The molecule has 0 radical (unpaired) electrons. The van der Waals surface area contributed by atoms with Crippen molar-refractivity contribution in [1.82, 2.24) is 9.55 Å². The molecular formula is C24H20ClN3O2. The van der Waals surface area contributed by atoms with Gasteiger partial charge in [-0.25, -0.2) is 4.98 Å². The lowest BCUT2D eigenvalue weighted by Crippen LogP contribution is -2.19. The van der Waals surface area contributed by atoms with E-state index in [0.717, 1.165) is 33.8 Å². The fraction of sp³-hybridized carbons (Fsp3) is 0.125. The average molecular weight is 418 g/mol. The number of hydrogen-bond donors (Lipinski definition) is 1. The molecule has 0 fully saturated rings. The molecule has 2 heterocycles. The second kappa shape index (κ2) is 7.43. The van der Waals surface area contributed by atoms with Gasteiger partial charge < -0.3 is 14.8 Å². The zero-order chi connectivity index (χ0) is 20.7. The molecule has 30 heavy (non-hydrogen) atoms. The summed E-state index contributed by atoms with van der Waals surface area (Å²) in [5.41, 5.74) is 5.10. The van der Waals surface area contributed by atoms with Crippen molar-refractivity contribution < 1.29 is 9.47 Å². The first-order valence-corrected chi connectivity index (χ1v) is 9.99. The van der Waals surface area contributed by atoms with Gasteiger partial charge in [-0.1, -0.05) is 41.9 Å². The molecule has 0 bridgehead atoms. The summed E-state index contributed by atoms with van der Waals surface area (Å²) >= 11 is 6.09. The molecule has 0 saturated carbocycles. The zero-order valence-corrected chi connectivity index (χ0v) is 17.4. The molecule has 1 aromatic heterocycles. The molecule has 1 aliphatic rings. The van der Waals surface area contributed by atoms with Crippen LogP contribution in [-0.4, -0.2) is 23.8 Å². The van der Waals surface area contributed by atoms with Crippen LogP contribution in [0.25, 0.3) is 16.7 Å². The highest BCUT2D eigenvalue weighted by molar-refractivity contribution is 6.30. The number of allylic oxidation sites excluding steroid dienone is 1. The Morgan fingerprint density at radius 1 is 0.933 bits per heavy atom. The number of ether oxygens (including phenoxy) is 2. The van der Waals surface area contributed by atoms with Gasteiger partial charge in [-0.05, 0) is 53.6 Å². The Labute approximate surface area is 179 Å². The molecule has 5 nitrogen and oxygen atoms in total. The summed E-state index contributed by atoms with van der Waals surface area (Å²) < 4.78 is 13.2. The number of para-hydroxylation sites is 2. The molecule has 1 atom stereocenters. The van der Waals surface area contributed by atoms with E-state index in [0.29, 0.717) is 16.5 Å². The number of imidazole rings is 1. The van der Waals surface area contributed by atoms with Crippen molar-refractivity contribution in [2.75, 3.05) is 19.5 Å². The van der Waals surface area contributed by atoms with E-state index in [1.807, 2.05) is 54.6 Å². The lowest BCUT2D eigenvalue weighted by atomic mass is 10.0. The predicted molar refractivity (Wildman–Crippen MR) is 120 cm³/mol. The Balaban J connectivity index is 1.70. The highest BCUT2D eigenvalue weighted by atomic mass is 35.5. The van der Waals surface area contributed by atoms with Gasteiger partial charge in [0.15, 0.2) is 11.5 Å². The molecule has 0 aliphatic carbocycles. The first kappa shape index (κ1) is 18.6. The Hall–Kier alpha value is -3.44. The van der Waals surface area contributed by atoms with E-state index < -0.39 is 0 Å². The van der Waals surface area contributed by atoms with Crippen molar-refractivity contribution in [1.29, 1.82) is 0 Å². The Morgan fingerprint density at radius 2 is 1.70 bits per heavy atom. The molecule has 0 unspecified atom stereocenters. The van der Waals surface area contributed by atoms with Gasteiger partial charge in [0.05, 0.1) is 31.3 Å². The van der Waals surface area contributed by atoms with Crippen LogP contribution in [0.5, 0.6) is 11.5 Å². The van der Waals surface area contributed by atoms with Gasteiger partial charge in [0, 0.05) is 10.7 Å². The molecule has 0 spiro atoms. The molecule has 0 amide bonds. The number of aromatic nitrogens is 2. The van der Waals surface area contributed by atoms with Crippen LogP contribution in [0, 0.1) is 0 Å². The maximum Gasteiger partial charge on any atom is 0.209 e. The summed E-state index contributed by atoms with van der Waals surface area (Å²) in [5, 5.41) is 4.19. The van der Waals surface area contributed by atoms with Gasteiger partial charge in [-0.3, -0.25) is 4.57 Å². The molecule has 150 valence electrons. The van der Waals surface area contributed by atoms with Crippen LogP contribution in [0.3, 0.4) is 0 Å². The molecular weight excluding hydrogens is 398 g/mol. The summed E-state index contributed by atoms with van der Waals surface area (Å²) in [5.74, 6) is 2.19. The van der Waals surface area contributed by atoms with Crippen molar-refractivity contribution in [3.8, 4) is 11.5 Å². The lowest BCUT2D eigenvalue weighted by molar-refractivity contribution is 0.354. The topological polar surface area (TPSA) is 48.3 Å². The van der Waals surface area contributed by atoms with Crippen LogP contribution in [0.1, 0.15) is 17.2 Å². The number of nitrogens with zero attached hydrogens (tertiary/aromatic N) is 2. The van der Waals surface area contributed by atoms with Gasteiger partial charge in [-0.15, -0.1) is 0 Å².